The molecule has 24 heavy (non-hydrogen) atoms. The molecule has 0 aliphatic rings. The van der Waals surface area contributed by atoms with E-state index in [0.717, 1.165) is 11.1 Å². The van der Waals surface area contributed by atoms with Crippen LogP contribution in [0.3, 0.4) is 0 Å². The van der Waals surface area contributed by atoms with E-state index in [2.05, 4.69) is 10.4 Å². The van der Waals surface area contributed by atoms with Crippen LogP contribution in [0.4, 0.5) is 4.79 Å². The van der Waals surface area contributed by atoms with Crippen molar-refractivity contribution >= 4 is 28.8 Å². The Morgan fingerprint density at radius 1 is 1.33 bits per heavy atom. The van der Waals surface area contributed by atoms with Crippen LogP contribution >= 0.6 is 0 Å². The summed E-state index contributed by atoms with van der Waals surface area (Å²) >= 11 is 0. The first kappa shape index (κ1) is 17.5. The fourth-order valence-corrected chi connectivity index (χ4v) is 2.24. The first-order valence-corrected chi connectivity index (χ1v) is 7.61. The van der Waals surface area contributed by atoms with Gasteiger partial charge in [-0.3, -0.25) is 4.79 Å². The molecule has 0 radical (unpaired) electrons. The molecule has 0 saturated carbocycles. The minimum atomic E-state index is -1.21. The average Bonchev–Trinajstić information content (AvgIpc) is 2.93. The van der Waals surface area contributed by atoms with Gasteiger partial charge in [0, 0.05) is 18.5 Å². The maximum Gasteiger partial charge on any atom is 0.357 e. The van der Waals surface area contributed by atoms with Crippen molar-refractivity contribution in [2.24, 2.45) is 0 Å². The summed E-state index contributed by atoms with van der Waals surface area (Å²) in [7, 11) is 1.47. The van der Waals surface area contributed by atoms with Gasteiger partial charge in [0.05, 0.1) is 5.52 Å². The highest BCUT2D eigenvalue weighted by atomic mass is 16.4. The van der Waals surface area contributed by atoms with Crippen molar-refractivity contribution in [3.63, 3.8) is 0 Å². The molecular weight excluding hydrogens is 312 g/mol. The van der Waals surface area contributed by atoms with Gasteiger partial charge >= 0.3 is 12.0 Å². The van der Waals surface area contributed by atoms with Crippen LogP contribution < -0.4 is 5.32 Å². The summed E-state index contributed by atoms with van der Waals surface area (Å²) in [6, 6.07) is 6.01. The Balaban J connectivity index is 2.25. The molecule has 1 aromatic carbocycles. The van der Waals surface area contributed by atoms with Crippen LogP contribution in [-0.4, -0.2) is 57.3 Å². The first-order chi connectivity index (χ1) is 11.3. The van der Waals surface area contributed by atoms with E-state index in [-0.39, 0.29) is 24.2 Å². The van der Waals surface area contributed by atoms with Crippen molar-refractivity contribution in [3.05, 3.63) is 30.0 Å². The van der Waals surface area contributed by atoms with Gasteiger partial charge < -0.3 is 15.3 Å². The number of carboxylic acids is 1. The molecule has 128 valence electrons. The third-order valence-corrected chi connectivity index (χ3v) is 3.70. The van der Waals surface area contributed by atoms with Crippen LogP contribution in [0.1, 0.15) is 30.8 Å². The lowest BCUT2D eigenvalue weighted by molar-refractivity contribution is -0.122. The Kier molecular flexibility index (Phi) is 5.18. The third-order valence-electron chi connectivity index (χ3n) is 3.70. The van der Waals surface area contributed by atoms with Crippen molar-refractivity contribution in [1.82, 2.24) is 20.0 Å². The normalized spacial score (nSPS) is 12.0. The molecule has 2 N–H and O–H groups in total. The highest BCUT2D eigenvalue weighted by molar-refractivity contribution is 6.04. The van der Waals surface area contributed by atoms with Gasteiger partial charge in [0.25, 0.3) is 0 Å². The summed E-state index contributed by atoms with van der Waals surface area (Å²) in [5.41, 5.74) is 0.186. The fourth-order valence-electron chi connectivity index (χ4n) is 2.24. The van der Waals surface area contributed by atoms with E-state index >= 15 is 0 Å². The van der Waals surface area contributed by atoms with E-state index < -0.39 is 12.0 Å². The summed E-state index contributed by atoms with van der Waals surface area (Å²) in [6.07, 6.45) is 0.787. The lowest BCUT2D eigenvalue weighted by atomic mass is 10.2. The molecule has 1 heterocycles. The van der Waals surface area contributed by atoms with Crippen molar-refractivity contribution in [1.29, 1.82) is 0 Å². The number of amides is 2. The molecule has 2 aromatic rings. The number of aromatic nitrogens is 2. The minimum Gasteiger partial charge on any atom is -0.476 e. The van der Waals surface area contributed by atoms with Crippen LogP contribution in [0.5, 0.6) is 0 Å². The predicted octanol–water partition coefficient (Wildman–Crippen LogP) is 1.55. The number of hydrogen-bond acceptors (Lipinski definition) is 4. The second-order valence-corrected chi connectivity index (χ2v) is 5.60. The number of rotatable bonds is 5. The number of likely N-dealkylation sites (N-methyl/N-ethyl adjacent to an activating group) is 1. The highest BCUT2D eigenvalue weighted by Gasteiger charge is 2.22. The number of nitrogens with zero attached hydrogens (tertiary/aromatic N) is 3. The van der Waals surface area contributed by atoms with Crippen molar-refractivity contribution < 1.29 is 19.5 Å². The number of carboxylic acid groups (broad SMARTS) is 1. The minimum absolute atomic E-state index is 0.0187. The Morgan fingerprint density at radius 3 is 2.62 bits per heavy atom. The van der Waals surface area contributed by atoms with Gasteiger partial charge in [0.1, 0.15) is 6.54 Å². The lowest BCUT2D eigenvalue weighted by Gasteiger charge is -2.18. The number of benzene rings is 1. The largest absolute Gasteiger partial charge is 0.476 e. The van der Waals surface area contributed by atoms with E-state index in [1.807, 2.05) is 13.8 Å². The number of aromatic carboxylic acids is 1. The number of para-hydroxylation sites is 1. The molecule has 0 spiro atoms. The number of carbonyl (C=O) groups is 3. The van der Waals surface area contributed by atoms with Gasteiger partial charge in [-0.15, -0.1) is 0 Å². The zero-order valence-corrected chi connectivity index (χ0v) is 13.8. The van der Waals surface area contributed by atoms with Crippen molar-refractivity contribution in [2.45, 2.75) is 26.3 Å². The molecule has 2 amide bonds. The van der Waals surface area contributed by atoms with Crippen LogP contribution in [0.25, 0.3) is 10.9 Å². The molecule has 0 aliphatic carbocycles. The average molecular weight is 332 g/mol. The van der Waals surface area contributed by atoms with Gasteiger partial charge in [-0.1, -0.05) is 25.1 Å². The molecule has 0 fully saturated rings. The van der Waals surface area contributed by atoms with Crippen molar-refractivity contribution in [3.8, 4) is 0 Å². The second kappa shape index (κ2) is 7.12. The molecule has 2 rings (SSSR count). The topological polar surface area (TPSA) is 105 Å². The molecule has 0 bridgehead atoms. The first-order valence-electron chi connectivity index (χ1n) is 7.61. The fraction of sp³-hybridized carbons (Fsp3) is 0.375. The Bertz CT molecular complexity index is 783. The molecule has 8 nitrogen and oxygen atoms in total. The summed E-state index contributed by atoms with van der Waals surface area (Å²) in [4.78, 5) is 36.9. The van der Waals surface area contributed by atoms with Gasteiger partial charge in [0.15, 0.2) is 5.69 Å². The maximum absolute atomic E-state index is 12.5. The van der Waals surface area contributed by atoms with Gasteiger partial charge in [-0.2, -0.15) is 9.78 Å². The zero-order valence-electron chi connectivity index (χ0n) is 13.8. The van der Waals surface area contributed by atoms with E-state index in [1.165, 1.54) is 11.9 Å². The lowest BCUT2D eigenvalue weighted by Crippen LogP contribution is -2.43. The van der Waals surface area contributed by atoms with Crippen LogP contribution in [0, 0.1) is 0 Å². The van der Waals surface area contributed by atoms with E-state index in [4.69, 9.17) is 0 Å². The number of fused-ring (bicyclic) bond motifs is 1. The Labute approximate surface area is 139 Å². The smallest absolute Gasteiger partial charge is 0.357 e. The number of hydrogen-bond donors (Lipinski definition) is 2. The maximum atomic E-state index is 12.5. The molecular formula is C16H20N4O4. The number of carbonyl (C=O) groups excluding carboxylic acids is 2. The second-order valence-electron chi connectivity index (χ2n) is 5.60. The molecule has 1 unspecified atom stereocenters. The highest BCUT2D eigenvalue weighted by Crippen LogP contribution is 2.18. The molecule has 0 saturated heterocycles. The molecule has 1 atom stereocenters. The summed E-state index contributed by atoms with van der Waals surface area (Å²) in [5.74, 6) is -1.50. The predicted molar refractivity (Wildman–Crippen MR) is 88.0 cm³/mol. The Hall–Kier alpha value is -2.90. The van der Waals surface area contributed by atoms with Crippen LogP contribution in [0.15, 0.2) is 24.3 Å². The zero-order chi connectivity index (χ0) is 17.9. The quantitative estimate of drug-likeness (QED) is 0.864. The van der Waals surface area contributed by atoms with Crippen LogP contribution in [-0.2, 0) is 4.79 Å². The SMILES string of the molecule is CCC(C)NC(=O)CN(C)C(=O)n1nc(C(=O)O)c2ccccc21. The standard InChI is InChI=1S/C16H20N4O4/c1-4-10(2)17-13(21)9-19(3)16(24)20-12-8-6-5-7-11(12)14(18-20)15(22)23/h5-8,10H,4,9H2,1-3H3,(H,17,21)(H,22,23). The van der Waals surface area contributed by atoms with E-state index in [1.54, 1.807) is 24.3 Å². The van der Waals surface area contributed by atoms with Crippen LogP contribution in [0.2, 0.25) is 0 Å². The summed E-state index contributed by atoms with van der Waals surface area (Å²) in [5, 5.41) is 16.3. The number of nitrogens with one attached hydrogen (secondary N) is 1. The van der Waals surface area contributed by atoms with Crippen molar-refractivity contribution in [2.75, 3.05) is 13.6 Å². The molecule has 0 aliphatic heterocycles. The third kappa shape index (κ3) is 3.53. The van der Waals surface area contributed by atoms with Gasteiger partial charge in [-0.25, -0.2) is 9.59 Å². The van der Waals surface area contributed by atoms with E-state index in [0.29, 0.717) is 10.9 Å². The van der Waals surface area contributed by atoms with Gasteiger partial charge in [0.2, 0.25) is 5.91 Å². The summed E-state index contributed by atoms with van der Waals surface area (Å²) < 4.78 is 1.01. The molecule has 1 aromatic heterocycles. The summed E-state index contributed by atoms with van der Waals surface area (Å²) in [6.45, 7) is 3.68. The Morgan fingerprint density at radius 2 is 2.00 bits per heavy atom. The monoisotopic (exact) mass is 332 g/mol. The molecule has 8 heteroatoms. The van der Waals surface area contributed by atoms with E-state index in [9.17, 15) is 19.5 Å². The van der Waals surface area contributed by atoms with Gasteiger partial charge in [-0.05, 0) is 19.4 Å².